The summed E-state index contributed by atoms with van der Waals surface area (Å²) in [4.78, 5) is 4.27. The van der Waals surface area contributed by atoms with Crippen LogP contribution >= 0.6 is 23.2 Å². The van der Waals surface area contributed by atoms with Gasteiger partial charge in [-0.15, -0.1) is 0 Å². The number of nitrogens with one attached hydrogen (secondary N) is 2. The number of rotatable bonds is 2. The SMILES string of the molecule is CC1(C)CC(Nc2ncc(Cl)cc2Cl)CC(C)(C)N1. The molecule has 0 radical (unpaired) electrons. The normalized spacial score (nSPS) is 22.2. The molecule has 1 aliphatic heterocycles. The molecule has 0 saturated carbocycles. The molecule has 0 spiro atoms. The summed E-state index contributed by atoms with van der Waals surface area (Å²) in [7, 11) is 0. The van der Waals surface area contributed by atoms with E-state index < -0.39 is 0 Å². The molecule has 0 unspecified atom stereocenters. The van der Waals surface area contributed by atoms with Gasteiger partial charge in [0, 0.05) is 23.3 Å². The van der Waals surface area contributed by atoms with Crippen molar-refractivity contribution in [3.63, 3.8) is 0 Å². The molecule has 1 aromatic heterocycles. The zero-order valence-corrected chi connectivity index (χ0v) is 13.4. The van der Waals surface area contributed by atoms with Gasteiger partial charge in [-0.05, 0) is 46.6 Å². The molecule has 0 aliphatic carbocycles. The Morgan fingerprint density at radius 1 is 1.21 bits per heavy atom. The van der Waals surface area contributed by atoms with Gasteiger partial charge in [0.05, 0.1) is 10.0 Å². The smallest absolute Gasteiger partial charge is 0.145 e. The summed E-state index contributed by atoms with van der Waals surface area (Å²) >= 11 is 12.0. The molecule has 19 heavy (non-hydrogen) atoms. The van der Waals surface area contributed by atoms with Gasteiger partial charge in [-0.25, -0.2) is 4.98 Å². The highest BCUT2D eigenvalue weighted by Gasteiger charge is 2.37. The van der Waals surface area contributed by atoms with Crippen LogP contribution in [0.2, 0.25) is 10.0 Å². The van der Waals surface area contributed by atoms with E-state index in [1.54, 1.807) is 12.3 Å². The molecule has 1 saturated heterocycles. The molecular formula is C14H21Cl2N3. The number of piperidine rings is 1. The second kappa shape index (κ2) is 5.12. The molecule has 2 N–H and O–H groups in total. The number of pyridine rings is 1. The van der Waals surface area contributed by atoms with Gasteiger partial charge in [0.25, 0.3) is 0 Å². The van der Waals surface area contributed by atoms with Crippen LogP contribution in [0.15, 0.2) is 12.3 Å². The number of hydrogen-bond acceptors (Lipinski definition) is 3. The van der Waals surface area contributed by atoms with E-state index >= 15 is 0 Å². The fourth-order valence-corrected chi connectivity index (χ4v) is 3.57. The molecule has 0 atom stereocenters. The van der Waals surface area contributed by atoms with Crippen LogP contribution < -0.4 is 10.6 Å². The van der Waals surface area contributed by atoms with Crippen LogP contribution in [-0.2, 0) is 0 Å². The molecule has 5 heteroatoms. The molecule has 0 aromatic carbocycles. The molecule has 0 amide bonds. The van der Waals surface area contributed by atoms with Crippen LogP contribution in [0, 0.1) is 0 Å². The average Bonchev–Trinajstić information content (AvgIpc) is 2.17. The summed E-state index contributed by atoms with van der Waals surface area (Å²) < 4.78 is 0. The summed E-state index contributed by atoms with van der Waals surface area (Å²) in [5, 5.41) is 8.23. The molecule has 2 heterocycles. The van der Waals surface area contributed by atoms with Gasteiger partial charge >= 0.3 is 0 Å². The third-order valence-electron chi connectivity index (χ3n) is 3.34. The minimum Gasteiger partial charge on any atom is -0.366 e. The topological polar surface area (TPSA) is 37.0 Å². The Labute approximate surface area is 125 Å². The van der Waals surface area contributed by atoms with Crippen LogP contribution in [0.1, 0.15) is 40.5 Å². The van der Waals surface area contributed by atoms with Crippen LogP contribution in [-0.4, -0.2) is 22.1 Å². The molecular weight excluding hydrogens is 281 g/mol. The van der Waals surface area contributed by atoms with Crippen molar-refractivity contribution in [1.82, 2.24) is 10.3 Å². The average molecular weight is 302 g/mol. The zero-order valence-electron chi connectivity index (χ0n) is 11.8. The summed E-state index contributed by atoms with van der Waals surface area (Å²) in [6, 6.07) is 2.06. The van der Waals surface area contributed by atoms with Gasteiger partial charge in [0.15, 0.2) is 0 Å². The van der Waals surface area contributed by atoms with Crippen molar-refractivity contribution in [2.45, 2.75) is 57.7 Å². The van der Waals surface area contributed by atoms with E-state index in [2.05, 4.69) is 43.3 Å². The van der Waals surface area contributed by atoms with Crippen LogP contribution in [0.5, 0.6) is 0 Å². The minimum absolute atomic E-state index is 0.0956. The van der Waals surface area contributed by atoms with E-state index in [-0.39, 0.29) is 11.1 Å². The lowest BCUT2D eigenvalue weighted by atomic mass is 9.79. The third-order valence-corrected chi connectivity index (χ3v) is 3.83. The van der Waals surface area contributed by atoms with E-state index in [0.717, 1.165) is 12.8 Å². The van der Waals surface area contributed by atoms with Crippen molar-refractivity contribution in [1.29, 1.82) is 0 Å². The van der Waals surface area contributed by atoms with Crippen molar-refractivity contribution in [3.05, 3.63) is 22.3 Å². The fraction of sp³-hybridized carbons (Fsp3) is 0.643. The van der Waals surface area contributed by atoms with Crippen molar-refractivity contribution in [2.75, 3.05) is 5.32 Å². The summed E-state index contributed by atoms with van der Waals surface area (Å²) in [5.41, 5.74) is 0.191. The first-order valence-electron chi connectivity index (χ1n) is 6.54. The monoisotopic (exact) mass is 301 g/mol. The second-order valence-electron chi connectivity index (χ2n) is 6.63. The van der Waals surface area contributed by atoms with Crippen molar-refractivity contribution >= 4 is 29.0 Å². The lowest BCUT2D eigenvalue weighted by molar-refractivity contribution is 0.170. The Morgan fingerprint density at radius 3 is 2.32 bits per heavy atom. The third kappa shape index (κ3) is 3.98. The molecule has 1 aromatic rings. The molecule has 0 bridgehead atoms. The van der Waals surface area contributed by atoms with Crippen LogP contribution in [0.4, 0.5) is 5.82 Å². The molecule has 1 aliphatic rings. The molecule has 3 nitrogen and oxygen atoms in total. The lowest BCUT2D eigenvalue weighted by Crippen LogP contribution is -2.60. The maximum absolute atomic E-state index is 6.17. The molecule has 106 valence electrons. The van der Waals surface area contributed by atoms with Crippen molar-refractivity contribution in [2.24, 2.45) is 0 Å². The quantitative estimate of drug-likeness (QED) is 0.863. The Kier molecular flexibility index (Phi) is 4.01. The van der Waals surface area contributed by atoms with Gasteiger partial charge in [0.1, 0.15) is 5.82 Å². The van der Waals surface area contributed by atoms with E-state index in [1.807, 2.05) is 0 Å². The fourth-order valence-electron chi connectivity index (χ4n) is 3.14. The maximum atomic E-state index is 6.17. The first-order chi connectivity index (χ1) is 8.67. The molecule has 1 fully saturated rings. The minimum atomic E-state index is 0.0956. The first kappa shape index (κ1) is 14.9. The highest BCUT2D eigenvalue weighted by Crippen LogP contribution is 2.32. The Bertz CT molecular complexity index is 456. The number of aromatic nitrogens is 1. The van der Waals surface area contributed by atoms with Gasteiger partial charge < -0.3 is 10.6 Å². The summed E-state index contributed by atoms with van der Waals surface area (Å²) in [6.07, 6.45) is 3.67. The molecule has 2 rings (SSSR count). The first-order valence-corrected chi connectivity index (χ1v) is 7.29. The maximum Gasteiger partial charge on any atom is 0.145 e. The van der Waals surface area contributed by atoms with E-state index in [9.17, 15) is 0 Å². The number of halogens is 2. The van der Waals surface area contributed by atoms with Gasteiger partial charge in [-0.2, -0.15) is 0 Å². The summed E-state index contributed by atoms with van der Waals surface area (Å²) in [5.74, 6) is 0.713. The van der Waals surface area contributed by atoms with Gasteiger partial charge in [-0.1, -0.05) is 23.2 Å². The predicted octanol–water partition coefficient (Wildman–Crippen LogP) is 4.11. The largest absolute Gasteiger partial charge is 0.366 e. The number of hydrogen-bond donors (Lipinski definition) is 2. The summed E-state index contributed by atoms with van der Waals surface area (Å²) in [6.45, 7) is 8.89. The van der Waals surface area contributed by atoms with E-state index in [4.69, 9.17) is 23.2 Å². The van der Waals surface area contributed by atoms with Crippen molar-refractivity contribution < 1.29 is 0 Å². The van der Waals surface area contributed by atoms with Crippen LogP contribution in [0.25, 0.3) is 0 Å². The zero-order chi connectivity index (χ0) is 14.3. The highest BCUT2D eigenvalue weighted by molar-refractivity contribution is 6.35. The van der Waals surface area contributed by atoms with Gasteiger partial charge in [-0.3, -0.25) is 0 Å². The van der Waals surface area contributed by atoms with Crippen molar-refractivity contribution in [3.8, 4) is 0 Å². The predicted molar refractivity (Wildman–Crippen MR) is 82.2 cm³/mol. The highest BCUT2D eigenvalue weighted by atomic mass is 35.5. The lowest BCUT2D eigenvalue weighted by Gasteiger charge is -2.46. The Hall–Kier alpha value is -0.510. The van der Waals surface area contributed by atoms with E-state index in [0.29, 0.717) is 21.9 Å². The van der Waals surface area contributed by atoms with Crippen LogP contribution in [0.3, 0.4) is 0 Å². The number of nitrogens with zero attached hydrogens (tertiary/aromatic N) is 1. The number of anilines is 1. The van der Waals surface area contributed by atoms with E-state index in [1.165, 1.54) is 0 Å². The Balaban J connectivity index is 2.14. The van der Waals surface area contributed by atoms with Gasteiger partial charge in [0.2, 0.25) is 0 Å². The Morgan fingerprint density at radius 2 is 1.79 bits per heavy atom. The second-order valence-corrected chi connectivity index (χ2v) is 7.47. The standard InChI is InChI=1S/C14H21Cl2N3/c1-13(2)6-10(7-14(3,4)19-13)18-12-11(16)5-9(15)8-17-12/h5,8,10,19H,6-7H2,1-4H3,(H,17,18).